The zero-order chi connectivity index (χ0) is 20.6. The number of nitrogens with one attached hydrogen (secondary N) is 1. The van der Waals surface area contributed by atoms with E-state index in [2.05, 4.69) is 5.32 Å². The summed E-state index contributed by atoms with van der Waals surface area (Å²) in [4.78, 5) is 44.1. The van der Waals surface area contributed by atoms with Crippen molar-refractivity contribution in [3.05, 3.63) is 46.5 Å². The first-order valence-corrected chi connectivity index (χ1v) is 10.8. The van der Waals surface area contributed by atoms with E-state index in [1.54, 1.807) is 42.1 Å². The molecular weight excluding hydrogens is 390 g/mol. The van der Waals surface area contributed by atoms with Gasteiger partial charge in [0.05, 0.1) is 17.1 Å². The highest BCUT2D eigenvalue weighted by molar-refractivity contribution is 7.12. The molecule has 0 unspecified atom stereocenters. The van der Waals surface area contributed by atoms with E-state index in [1.165, 1.54) is 17.6 Å². The molecule has 0 saturated carbocycles. The normalized spacial score (nSPS) is 27.3. The Morgan fingerprint density at radius 2 is 2.10 bits per heavy atom. The third-order valence-corrected chi connectivity index (χ3v) is 6.98. The highest BCUT2D eigenvalue weighted by Crippen LogP contribution is 2.51. The van der Waals surface area contributed by atoms with Crippen LogP contribution in [0.25, 0.3) is 0 Å². The minimum Gasteiger partial charge on any atom is -0.467 e. The minimum atomic E-state index is -1.05. The summed E-state index contributed by atoms with van der Waals surface area (Å²) in [5.74, 6) is -0.545. The third-order valence-electron chi connectivity index (χ3n) is 6.13. The first-order chi connectivity index (χ1) is 14.0. The molecule has 154 valence electrons. The maximum absolute atomic E-state index is 13.7. The number of amides is 3. The first kappa shape index (κ1) is 19.7. The molecule has 4 heterocycles. The van der Waals surface area contributed by atoms with Crippen molar-refractivity contribution in [2.75, 3.05) is 20.6 Å². The van der Waals surface area contributed by atoms with Crippen molar-refractivity contribution < 1.29 is 18.8 Å². The molecule has 2 aromatic rings. The maximum Gasteiger partial charge on any atom is 0.265 e. The fourth-order valence-corrected chi connectivity index (χ4v) is 5.47. The summed E-state index contributed by atoms with van der Waals surface area (Å²) in [5, 5.41) is 4.56. The van der Waals surface area contributed by atoms with Crippen LogP contribution >= 0.6 is 11.3 Å². The van der Waals surface area contributed by atoms with Crippen LogP contribution in [-0.2, 0) is 9.59 Å². The molecule has 2 fully saturated rings. The molecule has 0 radical (unpaired) electrons. The van der Waals surface area contributed by atoms with Gasteiger partial charge < -0.3 is 19.5 Å². The molecular formula is C21H25N3O4S. The van der Waals surface area contributed by atoms with Crippen molar-refractivity contribution in [1.82, 2.24) is 15.1 Å². The smallest absolute Gasteiger partial charge is 0.265 e. The van der Waals surface area contributed by atoms with Crippen molar-refractivity contribution in [1.29, 1.82) is 0 Å². The van der Waals surface area contributed by atoms with Gasteiger partial charge in [0.25, 0.3) is 5.91 Å². The van der Waals surface area contributed by atoms with Crippen LogP contribution in [0.15, 0.2) is 40.3 Å². The molecule has 2 saturated heterocycles. The van der Waals surface area contributed by atoms with Gasteiger partial charge in [-0.1, -0.05) is 6.07 Å². The second-order valence-corrected chi connectivity index (χ2v) is 8.70. The van der Waals surface area contributed by atoms with Crippen molar-refractivity contribution >= 4 is 29.1 Å². The molecule has 2 aliphatic heterocycles. The van der Waals surface area contributed by atoms with Gasteiger partial charge >= 0.3 is 0 Å². The number of nitrogens with zero attached hydrogens (tertiary/aromatic N) is 2. The quantitative estimate of drug-likeness (QED) is 0.836. The molecule has 1 spiro atoms. The molecule has 1 N–H and O–H groups in total. The zero-order valence-corrected chi connectivity index (χ0v) is 17.4. The molecule has 29 heavy (non-hydrogen) atoms. The highest BCUT2D eigenvalue weighted by Gasteiger charge is 2.61. The summed E-state index contributed by atoms with van der Waals surface area (Å²) < 4.78 is 5.67. The van der Waals surface area contributed by atoms with Gasteiger partial charge in [-0.2, -0.15) is 0 Å². The molecule has 2 aromatic heterocycles. The zero-order valence-electron chi connectivity index (χ0n) is 16.6. The fraction of sp³-hybridized carbons (Fsp3) is 0.476. The molecule has 0 aromatic carbocycles. The number of thiophene rings is 1. The molecule has 0 aliphatic carbocycles. The van der Waals surface area contributed by atoms with E-state index in [9.17, 15) is 14.4 Å². The standard InChI is InChI=1S/C21H25N3O4S/c1-22-18(25)14-13-21(9-3-4-10-23(2)20(21)27)24(17(14)15-7-5-11-28-15)19(26)16-8-6-12-29-16/h5-8,11-12,14,17H,3-4,9-10,13H2,1-2H3,(H,22,25)/t14-,17+,21-/m0/s1. The van der Waals surface area contributed by atoms with Crippen LogP contribution in [0.3, 0.4) is 0 Å². The van der Waals surface area contributed by atoms with Crippen LogP contribution in [0.5, 0.6) is 0 Å². The Kier molecular flexibility index (Phi) is 5.21. The van der Waals surface area contributed by atoms with Crippen LogP contribution in [-0.4, -0.2) is 53.7 Å². The minimum absolute atomic E-state index is 0.0946. The van der Waals surface area contributed by atoms with Crippen LogP contribution in [0.4, 0.5) is 0 Å². The monoisotopic (exact) mass is 415 g/mol. The van der Waals surface area contributed by atoms with E-state index in [0.29, 0.717) is 30.0 Å². The predicted octanol–water partition coefficient (Wildman–Crippen LogP) is 2.67. The lowest BCUT2D eigenvalue weighted by Gasteiger charge is -2.40. The van der Waals surface area contributed by atoms with E-state index >= 15 is 0 Å². The predicted molar refractivity (Wildman–Crippen MR) is 108 cm³/mol. The lowest BCUT2D eigenvalue weighted by molar-refractivity contribution is -0.140. The number of likely N-dealkylation sites (N-methyl/N-ethyl adjacent to an activating group) is 1. The Bertz CT molecular complexity index is 895. The van der Waals surface area contributed by atoms with Crippen molar-refractivity contribution in [3.63, 3.8) is 0 Å². The number of carbonyl (C=O) groups is 3. The first-order valence-electron chi connectivity index (χ1n) is 9.87. The topological polar surface area (TPSA) is 82.9 Å². The molecule has 0 bridgehead atoms. The van der Waals surface area contributed by atoms with Gasteiger partial charge in [0.1, 0.15) is 17.3 Å². The molecule has 3 atom stereocenters. The van der Waals surface area contributed by atoms with Gasteiger partial charge in [-0.25, -0.2) is 0 Å². The number of furan rings is 1. The SMILES string of the molecule is CNC(=O)[C@H]1C[C@]2(CCCCN(C)C2=O)N(C(=O)c2cccs2)[C@H]1c1ccco1. The Morgan fingerprint density at radius 1 is 1.28 bits per heavy atom. The van der Waals surface area contributed by atoms with Crippen LogP contribution in [0.1, 0.15) is 47.2 Å². The highest BCUT2D eigenvalue weighted by atomic mass is 32.1. The molecule has 4 rings (SSSR count). The molecule has 7 nitrogen and oxygen atoms in total. The van der Waals surface area contributed by atoms with E-state index in [1.807, 2.05) is 11.4 Å². The van der Waals surface area contributed by atoms with E-state index in [4.69, 9.17) is 4.42 Å². The van der Waals surface area contributed by atoms with Gasteiger partial charge in [0, 0.05) is 20.6 Å². The summed E-state index contributed by atoms with van der Waals surface area (Å²) in [6.07, 6.45) is 4.06. The number of hydrogen-bond donors (Lipinski definition) is 1. The number of rotatable bonds is 3. The maximum atomic E-state index is 13.7. The van der Waals surface area contributed by atoms with Crippen molar-refractivity contribution in [2.24, 2.45) is 5.92 Å². The van der Waals surface area contributed by atoms with Gasteiger partial charge in [-0.15, -0.1) is 11.3 Å². The fourth-order valence-electron chi connectivity index (χ4n) is 4.81. The molecule has 3 amide bonds. The van der Waals surface area contributed by atoms with Crippen LogP contribution in [0, 0.1) is 5.92 Å². The Balaban J connectivity index is 1.90. The van der Waals surface area contributed by atoms with E-state index < -0.39 is 17.5 Å². The van der Waals surface area contributed by atoms with Crippen LogP contribution < -0.4 is 5.32 Å². The second kappa shape index (κ2) is 7.67. The van der Waals surface area contributed by atoms with Crippen molar-refractivity contribution in [2.45, 2.75) is 37.3 Å². The lowest BCUT2D eigenvalue weighted by Crippen LogP contribution is -2.57. The summed E-state index contributed by atoms with van der Waals surface area (Å²) in [5.41, 5.74) is -1.05. The summed E-state index contributed by atoms with van der Waals surface area (Å²) in [6.45, 7) is 0.650. The summed E-state index contributed by atoms with van der Waals surface area (Å²) in [6, 6.07) is 6.47. The lowest BCUT2D eigenvalue weighted by atomic mass is 9.85. The average Bonchev–Trinajstić information content (AvgIpc) is 3.47. The number of carbonyl (C=O) groups excluding carboxylic acids is 3. The van der Waals surface area contributed by atoms with E-state index in [-0.39, 0.29) is 17.7 Å². The van der Waals surface area contributed by atoms with E-state index in [0.717, 1.165) is 12.8 Å². The van der Waals surface area contributed by atoms with Crippen LogP contribution in [0.2, 0.25) is 0 Å². The number of likely N-dealkylation sites (tertiary alicyclic amines) is 2. The largest absolute Gasteiger partial charge is 0.467 e. The Morgan fingerprint density at radius 3 is 2.76 bits per heavy atom. The number of hydrogen-bond acceptors (Lipinski definition) is 5. The van der Waals surface area contributed by atoms with Gasteiger partial charge in [0.15, 0.2) is 0 Å². The van der Waals surface area contributed by atoms with Gasteiger partial charge in [0.2, 0.25) is 11.8 Å². The average molecular weight is 416 g/mol. The Hall–Kier alpha value is -2.61. The van der Waals surface area contributed by atoms with Gasteiger partial charge in [-0.05, 0) is 49.3 Å². The molecule has 8 heteroatoms. The van der Waals surface area contributed by atoms with Gasteiger partial charge in [-0.3, -0.25) is 14.4 Å². The Labute approximate surface area is 173 Å². The van der Waals surface area contributed by atoms with Crippen molar-refractivity contribution in [3.8, 4) is 0 Å². The summed E-state index contributed by atoms with van der Waals surface area (Å²) in [7, 11) is 3.36. The molecule has 2 aliphatic rings. The summed E-state index contributed by atoms with van der Waals surface area (Å²) >= 11 is 1.34. The second-order valence-electron chi connectivity index (χ2n) is 7.75. The third kappa shape index (κ3) is 3.15.